The van der Waals surface area contributed by atoms with Crippen molar-refractivity contribution in [2.75, 3.05) is 20.2 Å². The van der Waals surface area contributed by atoms with Crippen LogP contribution in [0.15, 0.2) is 18.2 Å². The van der Waals surface area contributed by atoms with Crippen LogP contribution in [-0.4, -0.2) is 36.4 Å². The van der Waals surface area contributed by atoms with Gasteiger partial charge in [-0.3, -0.25) is 4.79 Å². The second-order valence-corrected chi connectivity index (χ2v) is 4.95. The molecule has 1 unspecified atom stereocenters. The zero-order valence-electron chi connectivity index (χ0n) is 10.2. The topological polar surface area (TPSA) is 29.5 Å². The molecule has 2 rings (SSSR count). The van der Waals surface area contributed by atoms with Gasteiger partial charge in [0.25, 0.3) is 5.91 Å². The van der Waals surface area contributed by atoms with Crippen molar-refractivity contribution in [3.05, 3.63) is 29.6 Å². The minimum absolute atomic E-state index is 0.0380. The first kappa shape index (κ1) is 13.1. The molecule has 3 nitrogen and oxygen atoms in total. The first-order valence-electron chi connectivity index (χ1n) is 5.88. The molecule has 18 heavy (non-hydrogen) atoms. The van der Waals surface area contributed by atoms with Crippen molar-refractivity contribution in [2.45, 2.75) is 18.2 Å². The Balaban J connectivity index is 2.17. The number of rotatable bonds is 2. The monoisotopic (exact) mass is 271 g/mol. The number of carbonyl (C=O) groups excluding carboxylic acids is 1. The number of nitrogens with zero attached hydrogens (tertiary/aromatic N) is 1. The predicted octanol–water partition coefficient (Wildman–Crippen LogP) is 2.68. The number of likely N-dealkylation sites (tertiary alicyclic amines) is 1. The SMILES string of the molecule is COc1ccc(C(=O)N2CCCC(Cl)C2)c(F)c1. The zero-order chi connectivity index (χ0) is 13.1. The van der Waals surface area contributed by atoms with Gasteiger partial charge in [0.1, 0.15) is 11.6 Å². The van der Waals surface area contributed by atoms with Gasteiger partial charge in [0, 0.05) is 19.2 Å². The second-order valence-electron chi connectivity index (χ2n) is 4.34. The maximum absolute atomic E-state index is 13.8. The summed E-state index contributed by atoms with van der Waals surface area (Å²) in [5.74, 6) is -0.463. The standard InChI is InChI=1S/C13H15ClFNO2/c1-18-10-4-5-11(12(15)7-10)13(17)16-6-2-3-9(14)8-16/h4-5,7,9H,2-3,6,8H2,1H3. The average Bonchev–Trinajstić information content (AvgIpc) is 2.37. The highest BCUT2D eigenvalue weighted by molar-refractivity contribution is 6.21. The number of alkyl halides is 1. The molecular formula is C13H15ClFNO2. The Morgan fingerprint density at radius 2 is 2.33 bits per heavy atom. The van der Waals surface area contributed by atoms with Gasteiger partial charge in [-0.05, 0) is 25.0 Å². The van der Waals surface area contributed by atoms with E-state index in [9.17, 15) is 9.18 Å². The Labute approximate surface area is 110 Å². The molecule has 0 saturated carbocycles. The van der Waals surface area contributed by atoms with Crippen molar-refractivity contribution < 1.29 is 13.9 Å². The van der Waals surface area contributed by atoms with Crippen molar-refractivity contribution >= 4 is 17.5 Å². The number of methoxy groups -OCH3 is 1. The number of carbonyl (C=O) groups is 1. The van der Waals surface area contributed by atoms with E-state index in [-0.39, 0.29) is 16.8 Å². The lowest BCUT2D eigenvalue weighted by atomic mass is 10.1. The third-order valence-corrected chi connectivity index (χ3v) is 3.41. The van der Waals surface area contributed by atoms with Crippen molar-refractivity contribution in [1.82, 2.24) is 4.90 Å². The Bertz CT molecular complexity index is 453. The van der Waals surface area contributed by atoms with E-state index in [0.717, 1.165) is 12.8 Å². The zero-order valence-corrected chi connectivity index (χ0v) is 10.9. The van der Waals surface area contributed by atoms with Gasteiger partial charge < -0.3 is 9.64 Å². The van der Waals surface area contributed by atoms with Gasteiger partial charge in [-0.1, -0.05) is 0 Å². The largest absolute Gasteiger partial charge is 0.497 e. The Morgan fingerprint density at radius 1 is 1.56 bits per heavy atom. The molecule has 1 fully saturated rings. The van der Waals surface area contributed by atoms with E-state index in [1.165, 1.54) is 19.2 Å². The minimum atomic E-state index is -0.559. The van der Waals surface area contributed by atoms with Gasteiger partial charge in [0.05, 0.1) is 18.1 Å². The predicted molar refractivity (Wildman–Crippen MR) is 67.7 cm³/mol. The van der Waals surface area contributed by atoms with Gasteiger partial charge in [-0.2, -0.15) is 0 Å². The molecule has 0 bridgehead atoms. The van der Waals surface area contributed by atoms with Crippen molar-refractivity contribution in [2.24, 2.45) is 0 Å². The molecular weight excluding hydrogens is 257 g/mol. The van der Waals surface area contributed by atoms with Gasteiger partial charge in [-0.25, -0.2) is 4.39 Å². The summed E-state index contributed by atoms with van der Waals surface area (Å²) in [5.41, 5.74) is 0.0709. The molecule has 0 aromatic heterocycles. The van der Waals surface area contributed by atoms with E-state index in [1.54, 1.807) is 11.0 Å². The quantitative estimate of drug-likeness (QED) is 0.774. The molecule has 1 amide bonds. The van der Waals surface area contributed by atoms with Crippen LogP contribution < -0.4 is 4.74 Å². The van der Waals surface area contributed by atoms with Gasteiger partial charge in [0.15, 0.2) is 0 Å². The Kier molecular flexibility index (Phi) is 4.07. The van der Waals surface area contributed by atoms with Crippen molar-refractivity contribution in [3.8, 4) is 5.75 Å². The maximum atomic E-state index is 13.8. The van der Waals surface area contributed by atoms with Crippen LogP contribution >= 0.6 is 11.6 Å². The Hall–Kier alpha value is -1.29. The maximum Gasteiger partial charge on any atom is 0.256 e. The van der Waals surface area contributed by atoms with E-state index in [0.29, 0.717) is 18.8 Å². The fourth-order valence-electron chi connectivity index (χ4n) is 2.08. The number of hydrogen-bond donors (Lipinski definition) is 0. The summed E-state index contributed by atoms with van der Waals surface area (Å²) in [5, 5.41) is -0.0380. The molecule has 0 radical (unpaired) electrons. The molecule has 1 saturated heterocycles. The molecule has 0 N–H and O–H groups in total. The van der Waals surface area contributed by atoms with Gasteiger partial charge >= 0.3 is 0 Å². The van der Waals surface area contributed by atoms with Crippen LogP contribution in [0.2, 0.25) is 0 Å². The van der Waals surface area contributed by atoms with E-state index >= 15 is 0 Å². The lowest BCUT2D eigenvalue weighted by Gasteiger charge is -2.30. The minimum Gasteiger partial charge on any atom is -0.497 e. The second kappa shape index (κ2) is 5.57. The number of amides is 1. The van der Waals surface area contributed by atoms with E-state index < -0.39 is 5.82 Å². The molecule has 5 heteroatoms. The van der Waals surface area contributed by atoms with Crippen LogP contribution in [0, 0.1) is 5.82 Å². The summed E-state index contributed by atoms with van der Waals surface area (Å²) < 4.78 is 18.7. The third-order valence-electron chi connectivity index (χ3n) is 3.06. The molecule has 0 aliphatic carbocycles. The fourth-order valence-corrected chi connectivity index (χ4v) is 2.40. The fraction of sp³-hybridized carbons (Fsp3) is 0.462. The molecule has 1 aliphatic rings. The van der Waals surface area contributed by atoms with Crippen molar-refractivity contribution in [1.29, 1.82) is 0 Å². The summed E-state index contributed by atoms with van der Waals surface area (Å²) >= 11 is 6.02. The number of piperidine rings is 1. The number of benzene rings is 1. The van der Waals surface area contributed by atoms with Crippen LogP contribution in [0.4, 0.5) is 4.39 Å². The molecule has 98 valence electrons. The van der Waals surface area contributed by atoms with Crippen molar-refractivity contribution in [3.63, 3.8) is 0 Å². The highest BCUT2D eigenvalue weighted by atomic mass is 35.5. The van der Waals surface area contributed by atoms with E-state index in [2.05, 4.69) is 0 Å². The summed E-state index contributed by atoms with van der Waals surface area (Å²) in [6.07, 6.45) is 1.76. The highest BCUT2D eigenvalue weighted by Crippen LogP contribution is 2.21. The van der Waals surface area contributed by atoms with Gasteiger partial charge in [-0.15, -0.1) is 11.6 Å². The first-order chi connectivity index (χ1) is 8.61. The lowest BCUT2D eigenvalue weighted by molar-refractivity contribution is 0.0722. The summed E-state index contributed by atoms with van der Waals surface area (Å²) in [6, 6.07) is 4.25. The Morgan fingerprint density at radius 3 is 2.94 bits per heavy atom. The number of hydrogen-bond acceptors (Lipinski definition) is 2. The molecule has 1 aliphatic heterocycles. The number of halogens is 2. The number of ether oxygens (including phenoxy) is 1. The highest BCUT2D eigenvalue weighted by Gasteiger charge is 2.25. The van der Waals surface area contributed by atoms with Gasteiger partial charge in [0.2, 0.25) is 0 Å². The molecule has 1 aromatic rings. The average molecular weight is 272 g/mol. The molecule has 1 atom stereocenters. The lowest BCUT2D eigenvalue weighted by Crippen LogP contribution is -2.40. The van der Waals surface area contributed by atoms with E-state index in [4.69, 9.17) is 16.3 Å². The van der Waals surface area contributed by atoms with Crippen LogP contribution in [-0.2, 0) is 0 Å². The van der Waals surface area contributed by atoms with E-state index in [1.807, 2.05) is 0 Å². The van der Waals surface area contributed by atoms with Crippen LogP contribution in [0.3, 0.4) is 0 Å². The summed E-state index contributed by atoms with van der Waals surface area (Å²) in [6.45, 7) is 1.11. The molecule has 1 aromatic carbocycles. The smallest absolute Gasteiger partial charge is 0.256 e. The first-order valence-corrected chi connectivity index (χ1v) is 6.32. The van der Waals surface area contributed by atoms with Crippen LogP contribution in [0.25, 0.3) is 0 Å². The van der Waals surface area contributed by atoms with Crippen LogP contribution in [0.5, 0.6) is 5.75 Å². The molecule has 0 spiro atoms. The molecule has 1 heterocycles. The normalized spacial score (nSPS) is 19.7. The third kappa shape index (κ3) is 2.75. The van der Waals surface area contributed by atoms with Crippen LogP contribution in [0.1, 0.15) is 23.2 Å². The summed E-state index contributed by atoms with van der Waals surface area (Å²) in [4.78, 5) is 13.8. The summed E-state index contributed by atoms with van der Waals surface area (Å²) in [7, 11) is 1.46.